The Hall–Kier alpha value is -1.08. The average Bonchev–Trinajstić information content (AvgIpc) is 2.41. The van der Waals surface area contributed by atoms with E-state index in [-0.39, 0.29) is 4.83 Å². The molecule has 0 aliphatic carbocycles. The van der Waals surface area contributed by atoms with E-state index in [9.17, 15) is 0 Å². The van der Waals surface area contributed by atoms with E-state index in [1.165, 1.54) is 27.8 Å². The zero-order valence-corrected chi connectivity index (χ0v) is 13.7. The predicted octanol–water partition coefficient (Wildman–Crippen LogP) is 5.91. The fourth-order valence-electron chi connectivity index (χ4n) is 2.26. The second kappa shape index (κ2) is 5.92. The van der Waals surface area contributed by atoms with Gasteiger partial charge in [-0.15, -0.1) is 0 Å². The second-order valence-electron chi connectivity index (χ2n) is 5.54. The first-order valence-electron chi connectivity index (χ1n) is 6.80. The van der Waals surface area contributed by atoms with Gasteiger partial charge in [-0.05, 0) is 42.0 Å². The van der Waals surface area contributed by atoms with E-state index < -0.39 is 0 Å². The molecule has 0 aliphatic heterocycles. The fraction of sp³-hybridized carbons (Fsp3) is 0.333. The van der Waals surface area contributed by atoms with Gasteiger partial charge in [0.05, 0.1) is 4.83 Å². The highest BCUT2D eigenvalue weighted by Gasteiger charge is 2.13. The Morgan fingerprint density at radius 2 is 1.42 bits per heavy atom. The SMILES string of the molecule is Cc1ccc(C)c(C(Br)c2ccc(C(C)C)cc2)c1. The van der Waals surface area contributed by atoms with Crippen LogP contribution in [0.2, 0.25) is 0 Å². The molecule has 2 aromatic carbocycles. The molecule has 0 bridgehead atoms. The van der Waals surface area contributed by atoms with Crippen molar-refractivity contribution >= 4 is 15.9 Å². The molecule has 0 aromatic heterocycles. The first kappa shape index (κ1) is 14.3. The van der Waals surface area contributed by atoms with Crippen molar-refractivity contribution in [2.24, 2.45) is 0 Å². The van der Waals surface area contributed by atoms with Crippen LogP contribution >= 0.6 is 15.9 Å². The van der Waals surface area contributed by atoms with Gasteiger partial charge >= 0.3 is 0 Å². The minimum Gasteiger partial charge on any atom is -0.0786 e. The van der Waals surface area contributed by atoms with Crippen molar-refractivity contribution in [1.29, 1.82) is 0 Å². The lowest BCUT2D eigenvalue weighted by molar-refractivity contribution is 0.865. The highest BCUT2D eigenvalue weighted by Crippen LogP contribution is 2.33. The van der Waals surface area contributed by atoms with Gasteiger partial charge in [0.25, 0.3) is 0 Å². The molecular weight excluding hydrogens is 296 g/mol. The Bertz CT molecular complexity index is 552. The lowest BCUT2D eigenvalue weighted by Crippen LogP contribution is -1.97. The predicted molar refractivity (Wildman–Crippen MR) is 87.2 cm³/mol. The van der Waals surface area contributed by atoms with Gasteiger partial charge in [0.2, 0.25) is 0 Å². The summed E-state index contributed by atoms with van der Waals surface area (Å²) in [6.07, 6.45) is 0. The van der Waals surface area contributed by atoms with Crippen LogP contribution < -0.4 is 0 Å². The summed E-state index contributed by atoms with van der Waals surface area (Å²) < 4.78 is 0. The van der Waals surface area contributed by atoms with Gasteiger partial charge in [0.15, 0.2) is 0 Å². The minimum atomic E-state index is 0.272. The maximum absolute atomic E-state index is 3.84. The standard InChI is InChI=1S/C18H21Br/c1-12(2)15-7-9-16(10-8-15)18(19)17-11-13(3)5-6-14(17)4/h5-12,18H,1-4H3. The Balaban J connectivity index is 2.33. The molecule has 19 heavy (non-hydrogen) atoms. The minimum absolute atomic E-state index is 0.272. The molecule has 0 N–H and O–H groups in total. The van der Waals surface area contributed by atoms with E-state index in [1.54, 1.807) is 0 Å². The molecule has 2 aromatic rings. The van der Waals surface area contributed by atoms with Gasteiger partial charge in [-0.3, -0.25) is 0 Å². The van der Waals surface area contributed by atoms with Crippen LogP contribution in [0.15, 0.2) is 42.5 Å². The topological polar surface area (TPSA) is 0 Å². The van der Waals surface area contributed by atoms with Crippen molar-refractivity contribution in [3.63, 3.8) is 0 Å². The maximum atomic E-state index is 3.84. The van der Waals surface area contributed by atoms with Crippen molar-refractivity contribution < 1.29 is 0 Å². The van der Waals surface area contributed by atoms with Crippen LogP contribution in [-0.2, 0) is 0 Å². The normalized spacial score (nSPS) is 12.7. The number of alkyl halides is 1. The molecular formula is C18H21Br. The Morgan fingerprint density at radius 1 is 0.842 bits per heavy atom. The van der Waals surface area contributed by atoms with Crippen LogP contribution in [-0.4, -0.2) is 0 Å². The van der Waals surface area contributed by atoms with Gasteiger partial charge in [-0.2, -0.15) is 0 Å². The van der Waals surface area contributed by atoms with Gasteiger partial charge in [0, 0.05) is 0 Å². The first-order chi connectivity index (χ1) is 8.99. The molecule has 0 radical (unpaired) electrons. The number of rotatable bonds is 3. The third kappa shape index (κ3) is 3.27. The van der Waals surface area contributed by atoms with E-state index in [2.05, 4.69) is 86.1 Å². The van der Waals surface area contributed by atoms with Crippen LogP contribution in [0.5, 0.6) is 0 Å². The zero-order valence-electron chi connectivity index (χ0n) is 12.1. The largest absolute Gasteiger partial charge is 0.0786 e. The number of aryl methyl sites for hydroxylation is 2. The summed E-state index contributed by atoms with van der Waals surface area (Å²) in [7, 11) is 0. The van der Waals surface area contributed by atoms with Crippen molar-refractivity contribution in [3.8, 4) is 0 Å². The van der Waals surface area contributed by atoms with E-state index in [4.69, 9.17) is 0 Å². The van der Waals surface area contributed by atoms with Crippen LogP contribution in [0.4, 0.5) is 0 Å². The quantitative estimate of drug-likeness (QED) is 0.617. The molecule has 2 rings (SSSR count). The van der Waals surface area contributed by atoms with Gasteiger partial charge < -0.3 is 0 Å². The molecule has 0 spiro atoms. The second-order valence-corrected chi connectivity index (χ2v) is 6.46. The van der Waals surface area contributed by atoms with Crippen molar-refractivity contribution in [2.75, 3.05) is 0 Å². The van der Waals surface area contributed by atoms with E-state index >= 15 is 0 Å². The van der Waals surface area contributed by atoms with Crippen LogP contribution in [0, 0.1) is 13.8 Å². The van der Waals surface area contributed by atoms with Gasteiger partial charge in [0.1, 0.15) is 0 Å². The summed E-state index contributed by atoms with van der Waals surface area (Å²) in [5.41, 5.74) is 6.71. The molecule has 0 amide bonds. The van der Waals surface area contributed by atoms with E-state index in [0.29, 0.717) is 5.92 Å². The molecule has 0 heterocycles. The third-order valence-electron chi connectivity index (χ3n) is 3.60. The van der Waals surface area contributed by atoms with Crippen molar-refractivity contribution in [2.45, 2.75) is 38.4 Å². The third-order valence-corrected chi connectivity index (χ3v) is 4.63. The maximum Gasteiger partial charge on any atom is 0.0647 e. The highest BCUT2D eigenvalue weighted by atomic mass is 79.9. The number of halogens is 1. The number of hydrogen-bond donors (Lipinski definition) is 0. The molecule has 0 nitrogen and oxygen atoms in total. The highest BCUT2D eigenvalue weighted by molar-refractivity contribution is 9.09. The fourth-order valence-corrected chi connectivity index (χ4v) is 3.06. The summed E-state index contributed by atoms with van der Waals surface area (Å²) in [6.45, 7) is 8.77. The molecule has 0 aliphatic rings. The van der Waals surface area contributed by atoms with E-state index in [1.807, 2.05) is 0 Å². The summed E-state index contributed by atoms with van der Waals surface area (Å²) in [6, 6.07) is 15.6. The smallest absolute Gasteiger partial charge is 0.0647 e. The van der Waals surface area contributed by atoms with Crippen molar-refractivity contribution in [3.05, 3.63) is 70.3 Å². The summed E-state index contributed by atoms with van der Waals surface area (Å²) in [4.78, 5) is 0.272. The Kier molecular flexibility index (Phi) is 4.46. The molecule has 0 saturated heterocycles. The first-order valence-corrected chi connectivity index (χ1v) is 7.71. The molecule has 1 atom stereocenters. The van der Waals surface area contributed by atoms with Gasteiger partial charge in [-0.25, -0.2) is 0 Å². The Morgan fingerprint density at radius 3 is 2.00 bits per heavy atom. The molecule has 100 valence electrons. The average molecular weight is 317 g/mol. The van der Waals surface area contributed by atoms with Gasteiger partial charge in [-0.1, -0.05) is 77.8 Å². The number of benzene rings is 2. The number of hydrogen-bond acceptors (Lipinski definition) is 0. The van der Waals surface area contributed by atoms with Crippen molar-refractivity contribution in [1.82, 2.24) is 0 Å². The van der Waals surface area contributed by atoms with Crippen LogP contribution in [0.1, 0.15) is 52.4 Å². The summed E-state index contributed by atoms with van der Waals surface area (Å²) >= 11 is 3.84. The van der Waals surface area contributed by atoms with E-state index in [0.717, 1.165) is 0 Å². The summed E-state index contributed by atoms with van der Waals surface area (Å²) in [5, 5.41) is 0. The molecule has 0 fully saturated rings. The Labute approximate surface area is 125 Å². The summed E-state index contributed by atoms with van der Waals surface area (Å²) in [5.74, 6) is 0.587. The molecule has 1 heteroatoms. The van der Waals surface area contributed by atoms with Crippen LogP contribution in [0.3, 0.4) is 0 Å². The molecule has 1 unspecified atom stereocenters. The lowest BCUT2D eigenvalue weighted by Gasteiger charge is -2.15. The van der Waals surface area contributed by atoms with Crippen LogP contribution in [0.25, 0.3) is 0 Å². The zero-order chi connectivity index (χ0) is 14.0. The molecule has 0 saturated carbocycles. The lowest BCUT2D eigenvalue weighted by atomic mass is 9.96. The monoisotopic (exact) mass is 316 g/mol.